The van der Waals surface area contributed by atoms with E-state index in [0.717, 1.165) is 30.8 Å². The monoisotopic (exact) mass is 314 g/mol. The summed E-state index contributed by atoms with van der Waals surface area (Å²) < 4.78 is 5.42. The molecule has 23 heavy (non-hydrogen) atoms. The molecule has 2 saturated heterocycles. The Bertz CT molecular complexity index is 547. The number of nitrogens with zero attached hydrogens (tertiary/aromatic N) is 2. The lowest BCUT2D eigenvalue weighted by Crippen LogP contribution is -2.36. The second-order valence-electron chi connectivity index (χ2n) is 6.31. The lowest BCUT2D eigenvalue weighted by molar-refractivity contribution is -0.125. The molecule has 2 heterocycles. The summed E-state index contributed by atoms with van der Waals surface area (Å²) in [5, 5.41) is 0. The predicted octanol–water partition coefficient (Wildman–Crippen LogP) is 2.80. The number of carbonyl (C=O) groups excluding carboxylic acids is 1. The van der Waals surface area contributed by atoms with Crippen LogP contribution >= 0.6 is 0 Å². The summed E-state index contributed by atoms with van der Waals surface area (Å²) in [5.41, 5.74) is 1.03. The van der Waals surface area contributed by atoms with Crippen LogP contribution in [0.4, 0.5) is 0 Å². The quantitative estimate of drug-likeness (QED) is 0.784. The highest BCUT2D eigenvalue weighted by molar-refractivity contribution is 5.92. The van der Waals surface area contributed by atoms with Gasteiger partial charge in [-0.05, 0) is 63.0 Å². The molecule has 0 aromatic heterocycles. The minimum absolute atomic E-state index is 0.126. The van der Waals surface area contributed by atoms with Crippen molar-refractivity contribution in [2.24, 2.45) is 0 Å². The van der Waals surface area contributed by atoms with Crippen molar-refractivity contribution in [1.29, 1.82) is 0 Å². The summed E-state index contributed by atoms with van der Waals surface area (Å²) in [5.74, 6) is 0.990. The zero-order chi connectivity index (χ0) is 16.1. The third-order valence-electron chi connectivity index (χ3n) is 4.74. The van der Waals surface area contributed by atoms with Gasteiger partial charge in [-0.1, -0.05) is 12.1 Å². The molecule has 3 rings (SSSR count). The SMILES string of the molecule is CCOc1ccc(C=CC(=O)N2CCC(N3CCCC3)C2)cc1. The molecule has 1 unspecified atom stereocenters. The van der Waals surface area contributed by atoms with Gasteiger partial charge in [0.05, 0.1) is 6.61 Å². The highest BCUT2D eigenvalue weighted by Crippen LogP contribution is 2.21. The molecule has 1 atom stereocenters. The van der Waals surface area contributed by atoms with Gasteiger partial charge in [-0.3, -0.25) is 9.69 Å². The normalized spacial score (nSPS) is 22.1. The van der Waals surface area contributed by atoms with Crippen molar-refractivity contribution in [1.82, 2.24) is 9.80 Å². The zero-order valence-electron chi connectivity index (χ0n) is 13.9. The van der Waals surface area contributed by atoms with Gasteiger partial charge in [0.2, 0.25) is 5.91 Å². The number of amides is 1. The molecule has 0 spiro atoms. The van der Waals surface area contributed by atoms with Gasteiger partial charge in [0.1, 0.15) is 5.75 Å². The Labute approximate surface area is 138 Å². The molecule has 0 bridgehead atoms. The van der Waals surface area contributed by atoms with Crippen LogP contribution in [0.15, 0.2) is 30.3 Å². The number of hydrogen-bond donors (Lipinski definition) is 0. The molecule has 1 aromatic carbocycles. The van der Waals surface area contributed by atoms with Crippen LogP contribution in [0.5, 0.6) is 5.75 Å². The van der Waals surface area contributed by atoms with Crippen LogP contribution in [0.2, 0.25) is 0 Å². The first-order valence-electron chi connectivity index (χ1n) is 8.70. The van der Waals surface area contributed by atoms with E-state index >= 15 is 0 Å². The van der Waals surface area contributed by atoms with Crippen molar-refractivity contribution >= 4 is 12.0 Å². The van der Waals surface area contributed by atoms with E-state index in [9.17, 15) is 4.79 Å². The van der Waals surface area contributed by atoms with Gasteiger partial charge in [-0.25, -0.2) is 0 Å². The van der Waals surface area contributed by atoms with Gasteiger partial charge in [-0.15, -0.1) is 0 Å². The maximum Gasteiger partial charge on any atom is 0.246 e. The number of carbonyl (C=O) groups is 1. The average Bonchev–Trinajstić information content (AvgIpc) is 3.25. The third-order valence-corrected chi connectivity index (χ3v) is 4.74. The van der Waals surface area contributed by atoms with E-state index in [1.807, 2.05) is 42.2 Å². The van der Waals surface area contributed by atoms with E-state index in [1.54, 1.807) is 6.08 Å². The number of likely N-dealkylation sites (tertiary alicyclic amines) is 2. The number of rotatable bonds is 5. The maximum absolute atomic E-state index is 12.3. The summed E-state index contributed by atoms with van der Waals surface area (Å²) in [4.78, 5) is 16.9. The van der Waals surface area contributed by atoms with E-state index in [-0.39, 0.29) is 5.91 Å². The van der Waals surface area contributed by atoms with Crippen molar-refractivity contribution in [3.63, 3.8) is 0 Å². The molecule has 0 radical (unpaired) electrons. The first-order valence-corrected chi connectivity index (χ1v) is 8.70. The molecule has 1 aromatic rings. The fourth-order valence-electron chi connectivity index (χ4n) is 3.46. The van der Waals surface area contributed by atoms with Crippen molar-refractivity contribution in [2.45, 2.75) is 32.2 Å². The van der Waals surface area contributed by atoms with E-state index in [1.165, 1.54) is 25.9 Å². The third kappa shape index (κ3) is 4.14. The van der Waals surface area contributed by atoms with Crippen molar-refractivity contribution < 1.29 is 9.53 Å². The Morgan fingerprint density at radius 3 is 2.65 bits per heavy atom. The van der Waals surface area contributed by atoms with Crippen LogP contribution in [0.1, 0.15) is 31.7 Å². The Kier molecular flexibility index (Phi) is 5.34. The average molecular weight is 314 g/mol. The first-order chi connectivity index (χ1) is 11.3. The molecule has 1 amide bonds. The molecule has 2 fully saturated rings. The summed E-state index contributed by atoms with van der Waals surface area (Å²) in [6.45, 7) is 6.81. The largest absolute Gasteiger partial charge is 0.494 e. The second-order valence-corrected chi connectivity index (χ2v) is 6.31. The van der Waals surface area contributed by atoms with Crippen LogP contribution in [-0.2, 0) is 4.79 Å². The van der Waals surface area contributed by atoms with Gasteiger partial charge in [0.25, 0.3) is 0 Å². The van der Waals surface area contributed by atoms with Crippen LogP contribution < -0.4 is 4.74 Å². The van der Waals surface area contributed by atoms with Gasteiger partial charge in [-0.2, -0.15) is 0 Å². The molecule has 0 aliphatic carbocycles. The molecule has 0 saturated carbocycles. The minimum Gasteiger partial charge on any atom is -0.494 e. The standard InChI is InChI=1S/C19H26N2O2/c1-2-23-18-8-5-16(6-9-18)7-10-19(22)21-14-11-17(15-21)20-12-3-4-13-20/h5-10,17H,2-4,11-15H2,1H3. The maximum atomic E-state index is 12.3. The fourth-order valence-corrected chi connectivity index (χ4v) is 3.46. The Morgan fingerprint density at radius 2 is 1.96 bits per heavy atom. The van der Waals surface area contributed by atoms with Crippen LogP contribution in [0.3, 0.4) is 0 Å². The minimum atomic E-state index is 0.126. The fraction of sp³-hybridized carbons (Fsp3) is 0.526. The zero-order valence-corrected chi connectivity index (χ0v) is 13.9. The highest BCUT2D eigenvalue weighted by Gasteiger charge is 2.30. The smallest absolute Gasteiger partial charge is 0.246 e. The summed E-state index contributed by atoms with van der Waals surface area (Å²) in [6.07, 6.45) is 7.32. The number of benzene rings is 1. The van der Waals surface area contributed by atoms with E-state index in [4.69, 9.17) is 4.74 Å². The highest BCUT2D eigenvalue weighted by atomic mass is 16.5. The number of hydrogen-bond acceptors (Lipinski definition) is 3. The van der Waals surface area contributed by atoms with Gasteiger partial charge in [0.15, 0.2) is 0 Å². The molecule has 2 aliphatic heterocycles. The first kappa shape index (κ1) is 16.1. The lowest BCUT2D eigenvalue weighted by atomic mass is 10.2. The van der Waals surface area contributed by atoms with E-state index in [0.29, 0.717) is 12.6 Å². The Hall–Kier alpha value is -1.81. The molecule has 4 heteroatoms. The predicted molar refractivity (Wildman–Crippen MR) is 92.4 cm³/mol. The topological polar surface area (TPSA) is 32.8 Å². The summed E-state index contributed by atoms with van der Waals surface area (Å²) in [6, 6.07) is 8.40. The van der Waals surface area contributed by atoms with Gasteiger partial charge >= 0.3 is 0 Å². The lowest BCUT2D eigenvalue weighted by Gasteiger charge is -2.23. The van der Waals surface area contributed by atoms with E-state index < -0.39 is 0 Å². The van der Waals surface area contributed by atoms with E-state index in [2.05, 4.69) is 4.90 Å². The van der Waals surface area contributed by atoms with Crippen molar-refractivity contribution in [3.8, 4) is 5.75 Å². The molecule has 0 N–H and O–H groups in total. The molecular formula is C19H26N2O2. The number of ether oxygens (including phenoxy) is 1. The van der Waals surface area contributed by atoms with Crippen LogP contribution in [0.25, 0.3) is 6.08 Å². The Morgan fingerprint density at radius 1 is 1.22 bits per heavy atom. The molecule has 124 valence electrons. The van der Waals surface area contributed by atoms with Gasteiger partial charge in [0, 0.05) is 25.2 Å². The Balaban J connectivity index is 1.52. The van der Waals surface area contributed by atoms with Crippen molar-refractivity contribution in [2.75, 3.05) is 32.8 Å². The second kappa shape index (κ2) is 7.64. The summed E-state index contributed by atoms with van der Waals surface area (Å²) in [7, 11) is 0. The molecule has 4 nitrogen and oxygen atoms in total. The van der Waals surface area contributed by atoms with Crippen LogP contribution in [-0.4, -0.2) is 54.5 Å². The molecular weight excluding hydrogens is 288 g/mol. The van der Waals surface area contributed by atoms with Crippen LogP contribution in [0, 0.1) is 0 Å². The van der Waals surface area contributed by atoms with Crippen molar-refractivity contribution in [3.05, 3.63) is 35.9 Å². The molecule has 2 aliphatic rings. The van der Waals surface area contributed by atoms with Gasteiger partial charge < -0.3 is 9.64 Å². The summed E-state index contributed by atoms with van der Waals surface area (Å²) >= 11 is 0.